The molecule has 0 spiro atoms. The maximum Gasteiger partial charge on any atom is 0.354 e. The zero-order valence-corrected chi connectivity index (χ0v) is 17.6. The second kappa shape index (κ2) is 9.72. The summed E-state index contributed by atoms with van der Waals surface area (Å²) in [5.41, 5.74) is 3.55. The third kappa shape index (κ3) is 5.56. The minimum Gasteiger partial charge on any atom is -0.477 e. The maximum absolute atomic E-state index is 11.0. The van der Waals surface area contributed by atoms with Crippen molar-refractivity contribution in [3.63, 3.8) is 0 Å². The molecule has 1 N–H and O–H groups in total. The second-order valence-corrected chi connectivity index (χ2v) is 6.37. The normalized spacial score (nSPS) is 10.2. The summed E-state index contributed by atoms with van der Waals surface area (Å²) in [5.74, 6) is -1.01. The van der Waals surface area contributed by atoms with Crippen molar-refractivity contribution in [1.29, 1.82) is 0 Å². The van der Waals surface area contributed by atoms with E-state index in [1.165, 1.54) is 6.07 Å². The first-order valence-corrected chi connectivity index (χ1v) is 8.55. The van der Waals surface area contributed by atoms with E-state index in [9.17, 15) is 4.79 Å². The van der Waals surface area contributed by atoms with Crippen LogP contribution in [0.5, 0.6) is 0 Å². The van der Waals surface area contributed by atoms with Gasteiger partial charge in [0, 0.05) is 31.5 Å². The molecule has 26 heavy (non-hydrogen) atoms. The van der Waals surface area contributed by atoms with E-state index in [2.05, 4.69) is 32.0 Å². The van der Waals surface area contributed by atoms with Gasteiger partial charge in [-0.1, -0.05) is 38.6 Å². The number of halogens is 1. The molecule has 0 aliphatic carbocycles. The third-order valence-electron chi connectivity index (χ3n) is 3.58. The third-order valence-corrected chi connectivity index (χ3v) is 4.07. The van der Waals surface area contributed by atoms with Crippen LogP contribution < -0.4 is 0 Å². The van der Waals surface area contributed by atoms with Crippen molar-refractivity contribution >= 4 is 21.9 Å². The summed E-state index contributed by atoms with van der Waals surface area (Å²) in [6.45, 7) is 0. The van der Waals surface area contributed by atoms with Crippen LogP contribution in [0.15, 0.2) is 59.1 Å². The summed E-state index contributed by atoms with van der Waals surface area (Å²) in [5, 5.41) is 8.98. The molecule has 4 nitrogen and oxygen atoms in total. The number of carboxylic acids is 1. The monoisotopic (exact) mass is 587 g/mol. The van der Waals surface area contributed by atoms with E-state index in [-0.39, 0.29) is 25.8 Å². The molecule has 3 rings (SSSR count). The molecule has 0 saturated heterocycles. The van der Waals surface area contributed by atoms with E-state index in [4.69, 9.17) is 5.11 Å². The van der Waals surface area contributed by atoms with Crippen LogP contribution in [0.2, 0.25) is 0 Å². The van der Waals surface area contributed by atoms with Gasteiger partial charge in [-0.05, 0) is 43.2 Å². The van der Waals surface area contributed by atoms with Crippen LogP contribution in [0.1, 0.15) is 21.9 Å². The number of nitrogens with zero attached hydrogens (tertiary/aromatic N) is 2. The van der Waals surface area contributed by atoms with Crippen molar-refractivity contribution in [2.75, 3.05) is 0 Å². The Bertz CT molecular complexity index is 902. The van der Waals surface area contributed by atoms with Crippen molar-refractivity contribution in [3.05, 3.63) is 88.6 Å². The molecule has 2 aromatic heterocycles. The molecule has 0 amide bonds. The fourth-order valence-electron chi connectivity index (χ4n) is 2.41. The minimum atomic E-state index is -1.01. The molecule has 1 aromatic carbocycles. The average Bonchev–Trinajstić information content (AvgIpc) is 2.62. The summed E-state index contributed by atoms with van der Waals surface area (Å²) >= 11 is 3.46. The number of aromatic nitrogens is 2. The van der Waals surface area contributed by atoms with E-state index in [0.29, 0.717) is 12.8 Å². The molecule has 0 bridgehead atoms. The number of aromatic carboxylic acids is 1. The summed E-state index contributed by atoms with van der Waals surface area (Å²) in [6.07, 6.45) is 3.32. The molecule has 6 heteroatoms. The predicted octanol–water partition coefficient (Wildman–Crippen LogP) is 4.39. The van der Waals surface area contributed by atoms with Crippen LogP contribution >= 0.6 is 15.9 Å². The fraction of sp³-hybridized carbons (Fsp3) is 0.100. The van der Waals surface area contributed by atoms with Gasteiger partial charge in [0.05, 0.1) is 0 Å². The number of benzene rings is 1. The zero-order valence-electron chi connectivity index (χ0n) is 13.6. The van der Waals surface area contributed by atoms with Gasteiger partial charge < -0.3 is 10.1 Å². The topological polar surface area (TPSA) is 63.1 Å². The zero-order chi connectivity index (χ0) is 17.6. The maximum atomic E-state index is 11.0. The Morgan fingerprint density at radius 1 is 1.08 bits per heavy atom. The van der Waals surface area contributed by atoms with E-state index in [1.54, 1.807) is 6.07 Å². The Hall–Kier alpha value is -1.88. The van der Waals surface area contributed by atoms with Crippen LogP contribution in [0.25, 0.3) is 11.3 Å². The molecule has 134 valence electrons. The number of carbonyl (C=O) groups is 1. The predicted molar refractivity (Wildman–Crippen MR) is 99.1 cm³/mol. The number of carboxylic acid groups (broad SMARTS) is 1. The molecule has 0 atom stereocenters. The van der Waals surface area contributed by atoms with Crippen LogP contribution in [0.3, 0.4) is 0 Å². The molecular formula is C20H15BrIrN2O2-. The van der Waals surface area contributed by atoms with Gasteiger partial charge in [0.1, 0.15) is 5.69 Å². The van der Waals surface area contributed by atoms with Crippen LogP contribution in [-0.4, -0.2) is 21.0 Å². The Kier molecular flexibility index (Phi) is 7.64. The standard InChI is InChI=1S/C20H15BrN2O2.Ir/c21-15-6-1-5-14(13-15)18-11-3-9-16(22-18)7-2-8-17-10-4-12-19(23-17)20(24)25;/h1-4,6,9-13H,7-8H2,(H,24,25);/q-1;. The van der Waals surface area contributed by atoms with Gasteiger partial charge in [0.2, 0.25) is 0 Å². The Morgan fingerprint density at radius 3 is 2.46 bits per heavy atom. The van der Waals surface area contributed by atoms with Gasteiger partial charge >= 0.3 is 5.97 Å². The van der Waals surface area contributed by atoms with Crippen molar-refractivity contribution in [3.8, 4) is 11.3 Å². The molecule has 2 heterocycles. The van der Waals surface area contributed by atoms with Crippen LogP contribution in [0, 0.1) is 12.5 Å². The number of rotatable bonds is 6. The van der Waals surface area contributed by atoms with Gasteiger partial charge in [0.25, 0.3) is 0 Å². The van der Waals surface area contributed by atoms with Gasteiger partial charge in [0.15, 0.2) is 0 Å². The van der Waals surface area contributed by atoms with Crippen LogP contribution in [0.4, 0.5) is 0 Å². The van der Waals surface area contributed by atoms with Crippen molar-refractivity contribution in [2.45, 2.75) is 12.8 Å². The smallest absolute Gasteiger partial charge is 0.354 e. The first-order chi connectivity index (χ1) is 12.1. The number of pyridine rings is 2. The summed E-state index contributed by atoms with van der Waals surface area (Å²) in [4.78, 5) is 19.7. The Labute approximate surface area is 174 Å². The fourth-order valence-corrected chi connectivity index (χ4v) is 2.77. The van der Waals surface area contributed by atoms with E-state index >= 15 is 0 Å². The number of hydrogen-bond donors (Lipinski definition) is 1. The molecule has 0 aliphatic heterocycles. The van der Waals surface area contributed by atoms with Crippen molar-refractivity contribution in [1.82, 2.24) is 9.97 Å². The molecular weight excluding hydrogens is 572 g/mol. The number of hydrogen-bond acceptors (Lipinski definition) is 3. The largest absolute Gasteiger partial charge is 0.477 e. The first kappa shape index (κ1) is 20.4. The Morgan fingerprint density at radius 2 is 1.77 bits per heavy atom. The van der Waals surface area contributed by atoms with Gasteiger partial charge in [-0.2, -0.15) is 0 Å². The van der Waals surface area contributed by atoms with Crippen molar-refractivity contribution in [2.24, 2.45) is 0 Å². The molecule has 2 radical (unpaired) electrons. The summed E-state index contributed by atoms with van der Waals surface area (Å²) < 4.78 is 0.990. The van der Waals surface area contributed by atoms with Gasteiger partial charge in [-0.25, -0.2) is 9.78 Å². The van der Waals surface area contributed by atoms with Crippen molar-refractivity contribution < 1.29 is 30.0 Å². The van der Waals surface area contributed by atoms with Gasteiger partial charge in [-0.3, -0.25) is 0 Å². The van der Waals surface area contributed by atoms with E-state index in [0.717, 1.165) is 27.1 Å². The average molecular weight is 587 g/mol. The van der Waals surface area contributed by atoms with E-state index < -0.39 is 5.97 Å². The second-order valence-electron chi connectivity index (χ2n) is 5.45. The molecule has 0 fully saturated rings. The molecule has 0 saturated carbocycles. The van der Waals surface area contributed by atoms with Gasteiger partial charge in [-0.15, -0.1) is 29.8 Å². The van der Waals surface area contributed by atoms with E-state index in [1.807, 2.05) is 48.9 Å². The first-order valence-electron chi connectivity index (χ1n) is 7.76. The minimum absolute atomic E-state index is 0. The summed E-state index contributed by atoms with van der Waals surface area (Å²) in [6, 6.07) is 19.9. The SMILES string of the molecule is O=C(O)c1cccc(C[CH]Cc2cccc(-c3[c-]ccc(Br)c3)n2)n1.[Ir]. The Balaban J connectivity index is 0.00000243. The molecule has 0 unspecified atom stereocenters. The molecule has 0 aliphatic rings. The quantitative estimate of drug-likeness (QED) is 0.435. The summed E-state index contributed by atoms with van der Waals surface area (Å²) in [7, 11) is 0. The van der Waals surface area contributed by atoms with Crippen LogP contribution in [-0.2, 0) is 32.9 Å². The molecule has 3 aromatic rings.